The Balaban J connectivity index is 1.75. The number of carbonyl (C=O) groups excluding carboxylic acids is 1. The molecule has 0 spiro atoms. The van der Waals surface area contributed by atoms with Crippen LogP contribution in [0.1, 0.15) is 28.4 Å². The van der Waals surface area contributed by atoms with Gasteiger partial charge in [-0.1, -0.05) is 18.2 Å². The molecule has 0 heterocycles. The number of hydrogen-bond acceptors (Lipinski definition) is 5. The Morgan fingerprint density at radius 2 is 1.72 bits per heavy atom. The van der Waals surface area contributed by atoms with Crippen LogP contribution in [0.2, 0.25) is 0 Å². The lowest BCUT2D eigenvalue weighted by Gasteiger charge is -2.12. The Labute approximate surface area is 188 Å². The van der Waals surface area contributed by atoms with Gasteiger partial charge in [0.2, 0.25) is 0 Å². The van der Waals surface area contributed by atoms with Gasteiger partial charge in [0.15, 0.2) is 0 Å². The van der Waals surface area contributed by atoms with Crippen molar-refractivity contribution in [3.8, 4) is 11.5 Å². The molecule has 2 N–H and O–H groups in total. The molecular weight excluding hydrogens is 428 g/mol. The molecule has 0 fully saturated rings. The molecule has 0 aliphatic heterocycles. The smallest absolute Gasteiger partial charge is 0.261 e. The van der Waals surface area contributed by atoms with Crippen LogP contribution in [0.5, 0.6) is 11.5 Å². The van der Waals surface area contributed by atoms with Crippen LogP contribution in [-0.4, -0.2) is 28.0 Å². The van der Waals surface area contributed by atoms with Gasteiger partial charge in [-0.2, -0.15) is 0 Å². The van der Waals surface area contributed by atoms with Gasteiger partial charge < -0.3 is 14.8 Å². The topological polar surface area (TPSA) is 93.7 Å². The van der Waals surface area contributed by atoms with E-state index in [0.29, 0.717) is 35.7 Å². The molecule has 3 aromatic rings. The fourth-order valence-corrected chi connectivity index (χ4v) is 4.16. The van der Waals surface area contributed by atoms with E-state index in [4.69, 9.17) is 9.47 Å². The van der Waals surface area contributed by atoms with Gasteiger partial charge in [0, 0.05) is 17.8 Å². The summed E-state index contributed by atoms with van der Waals surface area (Å²) in [5.74, 6) is 0.993. The fourth-order valence-electron chi connectivity index (χ4n) is 3.08. The molecule has 7 nitrogen and oxygen atoms in total. The van der Waals surface area contributed by atoms with Crippen molar-refractivity contribution in [3.05, 3.63) is 83.4 Å². The van der Waals surface area contributed by atoms with E-state index in [0.717, 1.165) is 11.3 Å². The molecule has 168 valence electrons. The summed E-state index contributed by atoms with van der Waals surface area (Å²) in [7, 11) is -2.34. The van der Waals surface area contributed by atoms with Gasteiger partial charge in [-0.15, -0.1) is 0 Å². The maximum atomic E-state index is 12.8. The highest BCUT2D eigenvalue weighted by Gasteiger charge is 2.18. The van der Waals surface area contributed by atoms with E-state index in [1.54, 1.807) is 37.3 Å². The van der Waals surface area contributed by atoms with Crippen LogP contribution in [0.4, 0.5) is 5.69 Å². The van der Waals surface area contributed by atoms with E-state index in [1.807, 2.05) is 31.2 Å². The highest BCUT2D eigenvalue weighted by Crippen LogP contribution is 2.21. The number of benzene rings is 3. The standard InChI is InChI=1S/C24H26N2O5S/c1-4-31-21-7-5-6-18(14-21)16-25-24(27)23-15-22(13-8-17(23)2)32(28,29)26-19-9-11-20(30-3)12-10-19/h5-15,26H,4,16H2,1-3H3,(H,25,27). The number of sulfonamides is 1. The van der Waals surface area contributed by atoms with Crippen molar-refractivity contribution in [2.45, 2.75) is 25.3 Å². The van der Waals surface area contributed by atoms with Crippen molar-refractivity contribution in [3.63, 3.8) is 0 Å². The van der Waals surface area contributed by atoms with Crippen LogP contribution >= 0.6 is 0 Å². The minimum atomic E-state index is -3.87. The predicted octanol–water partition coefficient (Wildman–Crippen LogP) is 4.13. The second kappa shape index (κ2) is 10.2. The SMILES string of the molecule is CCOc1cccc(CNC(=O)c2cc(S(=O)(=O)Nc3ccc(OC)cc3)ccc2C)c1. The molecular formula is C24H26N2O5S. The summed E-state index contributed by atoms with van der Waals surface area (Å²) in [5.41, 5.74) is 2.25. The lowest BCUT2D eigenvalue weighted by atomic mass is 10.1. The molecule has 1 amide bonds. The number of aryl methyl sites for hydroxylation is 1. The van der Waals surface area contributed by atoms with Gasteiger partial charge in [0.25, 0.3) is 15.9 Å². The molecule has 0 unspecified atom stereocenters. The first kappa shape index (κ1) is 23.1. The molecule has 0 saturated heterocycles. The van der Waals surface area contributed by atoms with E-state index in [2.05, 4.69) is 10.0 Å². The second-order valence-corrected chi connectivity index (χ2v) is 8.76. The number of anilines is 1. The highest BCUT2D eigenvalue weighted by atomic mass is 32.2. The third-order valence-electron chi connectivity index (χ3n) is 4.77. The largest absolute Gasteiger partial charge is 0.497 e. The Bertz CT molecular complexity index is 1190. The summed E-state index contributed by atoms with van der Waals surface area (Å²) in [6.45, 7) is 4.51. The zero-order valence-electron chi connectivity index (χ0n) is 18.2. The second-order valence-electron chi connectivity index (χ2n) is 7.07. The summed E-state index contributed by atoms with van der Waals surface area (Å²) in [5, 5.41) is 2.84. The van der Waals surface area contributed by atoms with E-state index < -0.39 is 10.0 Å². The normalized spacial score (nSPS) is 11.0. The maximum Gasteiger partial charge on any atom is 0.261 e. The lowest BCUT2D eigenvalue weighted by Crippen LogP contribution is -2.24. The van der Waals surface area contributed by atoms with Crippen LogP contribution in [0.15, 0.2) is 71.6 Å². The first-order valence-electron chi connectivity index (χ1n) is 10.1. The quantitative estimate of drug-likeness (QED) is 0.507. The van der Waals surface area contributed by atoms with Crippen molar-refractivity contribution < 1.29 is 22.7 Å². The lowest BCUT2D eigenvalue weighted by molar-refractivity contribution is 0.0950. The van der Waals surface area contributed by atoms with E-state index in [1.165, 1.54) is 19.2 Å². The van der Waals surface area contributed by atoms with Gasteiger partial charge in [-0.05, 0) is 73.5 Å². The average molecular weight is 455 g/mol. The maximum absolute atomic E-state index is 12.8. The van der Waals surface area contributed by atoms with E-state index in [9.17, 15) is 13.2 Å². The molecule has 0 saturated carbocycles. The molecule has 0 bridgehead atoms. The zero-order valence-corrected chi connectivity index (χ0v) is 19.0. The van der Waals surface area contributed by atoms with Gasteiger partial charge >= 0.3 is 0 Å². The van der Waals surface area contributed by atoms with Crippen molar-refractivity contribution in [1.29, 1.82) is 0 Å². The van der Waals surface area contributed by atoms with Gasteiger partial charge in [0.05, 0.1) is 18.6 Å². The van der Waals surface area contributed by atoms with Crippen LogP contribution in [0, 0.1) is 6.92 Å². The highest BCUT2D eigenvalue weighted by molar-refractivity contribution is 7.92. The average Bonchev–Trinajstić information content (AvgIpc) is 2.78. The number of ether oxygens (including phenoxy) is 2. The summed E-state index contributed by atoms with van der Waals surface area (Å²) in [6.07, 6.45) is 0. The first-order chi connectivity index (χ1) is 15.3. The fraction of sp³-hybridized carbons (Fsp3) is 0.208. The van der Waals surface area contributed by atoms with E-state index in [-0.39, 0.29) is 10.8 Å². The Kier molecular flexibility index (Phi) is 7.37. The predicted molar refractivity (Wildman–Crippen MR) is 124 cm³/mol. The van der Waals surface area contributed by atoms with Gasteiger partial charge in [-0.25, -0.2) is 8.42 Å². The minimum Gasteiger partial charge on any atom is -0.497 e. The zero-order chi connectivity index (χ0) is 23.1. The van der Waals surface area contributed by atoms with E-state index >= 15 is 0 Å². The summed E-state index contributed by atoms with van der Waals surface area (Å²) in [6, 6.07) is 18.5. The van der Waals surface area contributed by atoms with Crippen LogP contribution in [0.3, 0.4) is 0 Å². The van der Waals surface area contributed by atoms with Crippen molar-refractivity contribution in [1.82, 2.24) is 5.32 Å². The Morgan fingerprint density at radius 1 is 0.969 bits per heavy atom. The molecule has 0 aliphatic rings. The van der Waals surface area contributed by atoms with Gasteiger partial charge in [0.1, 0.15) is 11.5 Å². The van der Waals surface area contributed by atoms with Crippen molar-refractivity contribution in [2.75, 3.05) is 18.4 Å². The third-order valence-corrected chi connectivity index (χ3v) is 6.15. The Morgan fingerprint density at radius 3 is 2.41 bits per heavy atom. The number of nitrogens with one attached hydrogen (secondary N) is 2. The Hall–Kier alpha value is -3.52. The first-order valence-corrected chi connectivity index (χ1v) is 11.6. The molecule has 0 radical (unpaired) electrons. The summed E-state index contributed by atoms with van der Waals surface area (Å²) < 4.78 is 38.7. The molecule has 3 aromatic carbocycles. The van der Waals surface area contributed by atoms with Crippen molar-refractivity contribution >= 4 is 21.6 Å². The number of rotatable bonds is 9. The number of methoxy groups -OCH3 is 1. The molecule has 0 aliphatic carbocycles. The summed E-state index contributed by atoms with van der Waals surface area (Å²) >= 11 is 0. The molecule has 8 heteroatoms. The third kappa shape index (κ3) is 5.79. The summed E-state index contributed by atoms with van der Waals surface area (Å²) in [4.78, 5) is 12.8. The number of hydrogen-bond donors (Lipinski definition) is 2. The molecule has 3 rings (SSSR count). The van der Waals surface area contributed by atoms with Crippen LogP contribution in [0.25, 0.3) is 0 Å². The monoisotopic (exact) mass is 454 g/mol. The van der Waals surface area contributed by atoms with Crippen LogP contribution < -0.4 is 19.5 Å². The minimum absolute atomic E-state index is 0.00223. The van der Waals surface area contributed by atoms with Gasteiger partial charge in [-0.3, -0.25) is 9.52 Å². The number of carbonyl (C=O) groups is 1. The number of amides is 1. The van der Waals surface area contributed by atoms with Crippen molar-refractivity contribution in [2.24, 2.45) is 0 Å². The molecule has 0 atom stereocenters. The molecule has 32 heavy (non-hydrogen) atoms. The van der Waals surface area contributed by atoms with Crippen LogP contribution in [-0.2, 0) is 16.6 Å². The molecule has 0 aromatic heterocycles.